The van der Waals surface area contributed by atoms with Crippen molar-refractivity contribution in [2.75, 3.05) is 5.32 Å². The lowest BCUT2D eigenvalue weighted by Gasteiger charge is -2.03. The number of aryl methyl sites for hydroxylation is 1. The smallest absolute Gasteiger partial charge is 0.223 e. The van der Waals surface area contributed by atoms with Crippen LogP contribution < -0.4 is 5.32 Å². The Kier molecular flexibility index (Phi) is 2.96. The van der Waals surface area contributed by atoms with E-state index < -0.39 is 0 Å². The molecule has 2 rings (SSSR count). The zero-order chi connectivity index (χ0) is 10.7. The Labute approximate surface area is 95.0 Å². The van der Waals surface area contributed by atoms with Gasteiger partial charge in [-0.25, -0.2) is 4.98 Å². The second-order valence-electron chi connectivity index (χ2n) is 2.92. The Morgan fingerprint density at radius 1 is 1.53 bits per heavy atom. The molecule has 6 heteroatoms. The van der Waals surface area contributed by atoms with Gasteiger partial charge in [-0.15, -0.1) is 0 Å². The van der Waals surface area contributed by atoms with Gasteiger partial charge >= 0.3 is 0 Å². The predicted molar refractivity (Wildman–Crippen MR) is 58.3 cm³/mol. The summed E-state index contributed by atoms with van der Waals surface area (Å²) in [6.45, 7) is 2.25. The van der Waals surface area contributed by atoms with Crippen LogP contribution in [0.4, 0.5) is 5.82 Å². The number of anilines is 1. The van der Waals surface area contributed by atoms with Gasteiger partial charge in [-0.3, -0.25) is 0 Å². The molecular formula is C9H9BrN4O. The van der Waals surface area contributed by atoms with Crippen LogP contribution in [0, 0.1) is 6.92 Å². The first-order valence-electron chi connectivity index (χ1n) is 4.39. The van der Waals surface area contributed by atoms with Crippen molar-refractivity contribution in [3.05, 3.63) is 34.5 Å². The largest absolute Gasteiger partial charge is 0.362 e. The highest BCUT2D eigenvalue weighted by atomic mass is 79.9. The normalized spacial score (nSPS) is 10.3. The summed E-state index contributed by atoms with van der Waals surface area (Å²) in [7, 11) is 0. The average Bonchev–Trinajstić information content (AvgIpc) is 2.63. The number of halogens is 1. The van der Waals surface area contributed by atoms with Crippen LogP contribution >= 0.6 is 15.9 Å². The number of aromatic nitrogens is 3. The summed E-state index contributed by atoms with van der Waals surface area (Å²) in [6.07, 6.45) is 1.72. The van der Waals surface area contributed by atoms with Crippen molar-refractivity contribution in [2.45, 2.75) is 13.5 Å². The lowest BCUT2D eigenvalue weighted by atomic mass is 10.4. The summed E-state index contributed by atoms with van der Waals surface area (Å²) in [6, 6.07) is 3.77. The molecule has 0 saturated heterocycles. The summed E-state index contributed by atoms with van der Waals surface area (Å²) in [5.41, 5.74) is 0. The molecule has 0 saturated carbocycles. The van der Waals surface area contributed by atoms with E-state index in [1.807, 2.05) is 12.1 Å². The third kappa shape index (κ3) is 2.53. The standard InChI is InChI=1S/C9H9BrN4O/c1-6-13-8(14-15-6)5-12-9-7(10)3-2-4-11-9/h2-4H,5H2,1H3,(H,11,12). The summed E-state index contributed by atoms with van der Waals surface area (Å²) < 4.78 is 5.76. The van der Waals surface area contributed by atoms with Gasteiger partial charge in [0.2, 0.25) is 5.89 Å². The van der Waals surface area contributed by atoms with E-state index in [0.717, 1.165) is 10.3 Å². The van der Waals surface area contributed by atoms with E-state index in [-0.39, 0.29) is 0 Å². The molecule has 0 spiro atoms. The number of hydrogen-bond donors (Lipinski definition) is 1. The van der Waals surface area contributed by atoms with Gasteiger partial charge < -0.3 is 9.84 Å². The van der Waals surface area contributed by atoms with E-state index in [1.165, 1.54) is 0 Å². The number of hydrogen-bond acceptors (Lipinski definition) is 5. The third-order valence-electron chi connectivity index (χ3n) is 1.74. The molecule has 0 unspecified atom stereocenters. The van der Waals surface area contributed by atoms with Crippen LogP contribution in [0.15, 0.2) is 27.3 Å². The van der Waals surface area contributed by atoms with E-state index in [0.29, 0.717) is 18.3 Å². The Morgan fingerprint density at radius 2 is 2.40 bits per heavy atom. The van der Waals surface area contributed by atoms with Crippen LogP contribution in [0.25, 0.3) is 0 Å². The van der Waals surface area contributed by atoms with Crippen LogP contribution in [0.2, 0.25) is 0 Å². The molecule has 78 valence electrons. The molecule has 2 aromatic heterocycles. The van der Waals surface area contributed by atoms with E-state index in [4.69, 9.17) is 4.52 Å². The van der Waals surface area contributed by atoms with Gasteiger partial charge in [-0.2, -0.15) is 4.98 Å². The van der Waals surface area contributed by atoms with Gasteiger partial charge in [0.05, 0.1) is 11.0 Å². The molecule has 0 radical (unpaired) electrons. The molecule has 0 bridgehead atoms. The van der Waals surface area contributed by atoms with E-state index in [9.17, 15) is 0 Å². The fraction of sp³-hybridized carbons (Fsp3) is 0.222. The molecule has 1 N–H and O–H groups in total. The van der Waals surface area contributed by atoms with Crippen molar-refractivity contribution >= 4 is 21.7 Å². The van der Waals surface area contributed by atoms with Gasteiger partial charge in [0.1, 0.15) is 5.82 Å². The second kappa shape index (κ2) is 4.39. The molecule has 0 aromatic carbocycles. The van der Waals surface area contributed by atoms with E-state index in [1.54, 1.807) is 13.1 Å². The maximum atomic E-state index is 4.85. The molecule has 0 amide bonds. The van der Waals surface area contributed by atoms with Crippen molar-refractivity contribution in [1.82, 2.24) is 15.1 Å². The van der Waals surface area contributed by atoms with Gasteiger partial charge in [0, 0.05) is 13.1 Å². The van der Waals surface area contributed by atoms with Crippen molar-refractivity contribution in [2.24, 2.45) is 0 Å². The van der Waals surface area contributed by atoms with E-state index >= 15 is 0 Å². The van der Waals surface area contributed by atoms with Crippen LogP contribution in [0.3, 0.4) is 0 Å². The third-order valence-corrected chi connectivity index (χ3v) is 2.38. The number of pyridine rings is 1. The van der Waals surface area contributed by atoms with Crippen molar-refractivity contribution in [3.63, 3.8) is 0 Å². The minimum atomic E-state index is 0.493. The maximum Gasteiger partial charge on any atom is 0.223 e. The summed E-state index contributed by atoms with van der Waals surface area (Å²) in [5, 5.41) is 6.87. The topological polar surface area (TPSA) is 63.8 Å². The minimum Gasteiger partial charge on any atom is -0.362 e. The number of nitrogens with one attached hydrogen (secondary N) is 1. The lowest BCUT2D eigenvalue weighted by molar-refractivity contribution is 0.388. The molecule has 2 heterocycles. The highest BCUT2D eigenvalue weighted by Gasteiger charge is 2.03. The first-order valence-corrected chi connectivity index (χ1v) is 5.18. The second-order valence-corrected chi connectivity index (χ2v) is 3.77. The molecule has 0 fully saturated rings. The molecule has 0 aliphatic heterocycles. The highest BCUT2D eigenvalue weighted by Crippen LogP contribution is 2.18. The summed E-state index contributed by atoms with van der Waals surface area (Å²) in [5.74, 6) is 1.94. The zero-order valence-electron chi connectivity index (χ0n) is 8.07. The van der Waals surface area contributed by atoms with Crippen molar-refractivity contribution in [3.8, 4) is 0 Å². The first kappa shape index (κ1) is 10.1. The molecular weight excluding hydrogens is 260 g/mol. The molecule has 2 aromatic rings. The highest BCUT2D eigenvalue weighted by molar-refractivity contribution is 9.10. The van der Waals surface area contributed by atoms with Crippen molar-refractivity contribution < 1.29 is 4.52 Å². The Bertz CT molecular complexity index is 457. The fourth-order valence-corrected chi connectivity index (χ4v) is 1.49. The Balaban J connectivity index is 2.02. The van der Waals surface area contributed by atoms with Gasteiger partial charge in [0.15, 0.2) is 5.82 Å². The quantitative estimate of drug-likeness (QED) is 0.924. The summed E-state index contributed by atoms with van der Waals surface area (Å²) in [4.78, 5) is 8.23. The first-order chi connectivity index (χ1) is 7.25. The minimum absolute atomic E-state index is 0.493. The molecule has 15 heavy (non-hydrogen) atoms. The van der Waals surface area contributed by atoms with Crippen LogP contribution in [-0.2, 0) is 6.54 Å². The monoisotopic (exact) mass is 268 g/mol. The van der Waals surface area contributed by atoms with Crippen molar-refractivity contribution in [1.29, 1.82) is 0 Å². The maximum absolute atomic E-state index is 4.85. The average molecular weight is 269 g/mol. The van der Waals surface area contributed by atoms with Gasteiger partial charge in [-0.05, 0) is 28.1 Å². The zero-order valence-corrected chi connectivity index (χ0v) is 9.65. The van der Waals surface area contributed by atoms with Gasteiger partial charge in [-0.1, -0.05) is 5.16 Å². The SMILES string of the molecule is Cc1nc(CNc2ncccc2Br)no1. The summed E-state index contributed by atoms with van der Waals surface area (Å²) >= 11 is 3.39. The Hall–Kier alpha value is -1.43. The molecule has 0 atom stereocenters. The Morgan fingerprint density at radius 3 is 3.07 bits per heavy atom. The van der Waals surface area contributed by atoms with Crippen LogP contribution in [0.5, 0.6) is 0 Å². The molecule has 0 aliphatic carbocycles. The lowest BCUT2D eigenvalue weighted by Crippen LogP contribution is -2.03. The predicted octanol–water partition coefficient (Wildman–Crippen LogP) is 2.15. The molecule has 5 nitrogen and oxygen atoms in total. The number of nitrogens with zero attached hydrogens (tertiary/aromatic N) is 3. The van der Waals surface area contributed by atoms with Crippen LogP contribution in [-0.4, -0.2) is 15.1 Å². The number of rotatable bonds is 3. The molecule has 0 aliphatic rings. The fourth-order valence-electron chi connectivity index (χ4n) is 1.09. The van der Waals surface area contributed by atoms with Gasteiger partial charge in [0.25, 0.3) is 0 Å². The van der Waals surface area contributed by atoms with E-state index in [2.05, 4.69) is 36.4 Å². The van der Waals surface area contributed by atoms with Crippen LogP contribution in [0.1, 0.15) is 11.7 Å².